The number of nitriles is 1. The van der Waals surface area contributed by atoms with E-state index in [9.17, 15) is 9.59 Å². The highest BCUT2D eigenvalue weighted by molar-refractivity contribution is 7.80. The van der Waals surface area contributed by atoms with E-state index in [0.717, 1.165) is 11.6 Å². The molecular weight excluding hydrogens is 314 g/mol. The summed E-state index contributed by atoms with van der Waals surface area (Å²) in [6, 6.07) is 9.00. The van der Waals surface area contributed by atoms with Crippen molar-refractivity contribution in [3.8, 4) is 6.07 Å². The zero-order valence-corrected chi connectivity index (χ0v) is 12.7. The summed E-state index contributed by atoms with van der Waals surface area (Å²) in [6.07, 6.45) is 5.81. The Morgan fingerprint density at radius 2 is 1.87 bits per heavy atom. The van der Waals surface area contributed by atoms with Gasteiger partial charge in [-0.15, -0.1) is 12.6 Å². The first-order valence-corrected chi connectivity index (χ1v) is 7.11. The summed E-state index contributed by atoms with van der Waals surface area (Å²) >= 11 is 4.12. The summed E-state index contributed by atoms with van der Waals surface area (Å²) in [7, 11) is 0. The lowest BCUT2D eigenvalue weighted by atomic mass is 10.1. The van der Waals surface area contributed by atoms with E-state index in [-0.39, 0.29) is 5.57 Å². The van der Waals surface area contributed by atoms with E-state index in [4.69, 9.17) is 10.4 Å². The molecule has 0 aliphatic carbocycles. The van der Waals surface area contributed by atoms with Crippen molar-refractivity contribution in [2.75, 3.05) is 0 Å². The Morgan fingerprint density at radius 3 is 2.48 bits per heavy atom. The fourth-order valence-corrected chi connectivity index (χ4v) is 2.22. The number of rotatable bonds is 4. The van der Waals surface area contributed by atoms with Gasteiger partial charge in [-0.3, -0.25) is 4.79 Å². The molecule has 1 aromatic rings. The fraction of sp³-hybridized carbons (Fsp3) is 0.0625. The van der Waals surface area contributed by atoms with Crippen LogP contribution in [0.15, 0.2) is 47.7 Å². The Kier molecular flexibility index (Phi) is 5.23. The molecule has 0 radical (unpaired) electrons. The quantitative estimate of drug-likeness (QED) is 0.496. The number of aliphatic carboxylic acids is 1. The second-order valence-corrected chi connectivity index (χ2v) is 5.07. The number of hydrogen-bond donors (Lipinski definition) is 4. The van der Waals surface area contributed by atoms with Crippen LogP contribution in [0, 0.1) is 11.3 Å². The number of carboxylic acid groups (broad SMARTS) is 1. The molecule has 1 aliphatic heterocycles. The van der Waals surface area contributed by atoms with Crippen LogP contribution in [0.2, 0.25) is 0 Å². The van der Waals surface area contributed by atoms with Crippen LogP contribution in [0.5, 0.6) is 0 Å². The summed E-state index contributed by atoms with van der Waals surface area (Å²) < 4.78 is 0. The molecule has 7 heteroatoms. The van der Waals surface area contributed by atoms with Crippen LogP contribution in [0.25, 0.3) is 12.2 Å². The number of carbonyl (C=O) groups is 2. The lowest BCUT2D eigenvalue weighted by Gasteiger charge is -2.22. The zero-order chi connectivity index (χ0) is 16.8. The van der Waals surface area contributed by atoms with Gasteiger partial charge in [-0.25, -0.2) is 4.79 Å². The van der Waals surface area contributed by atoms with Crippen LogP contribution >= 0.6 is 12.6 Å². The molecule has 1 aromatic carbocycles. The predicted molar refractivity (Wildman–Crippen MR) is 88.8 cm³/mol. The van der Waals surface area contributed by atoms with Gasteiger partial charge in [-0.1, -0.05) is 30.3 Å². The van der Waals surface area contributed by atoms with Crippen LogP contribution in [0.4, 0.5) is 0 Å². The third kappa shape index (κ3) is 4.25. The van der Waals surface area contributed by atoms with Gasteiger partial charge in [0, 0.05) is 6.08 Å². The van der Waals surface area contributed by atoms with E-state index in [2.05, 4.69) is 23.3 Å². The maximum atomic E-state index is 11.7. The predicted octanol–water partition coefficient (Wildman–Crippen LogP) is 1.51. The maximum Gasteiger partial charge on any atom is 0.328 e. The summed E-state index contributed by atoms with van der Waals surface area (Å²) in [5.41, 5.74) is 1.19. The molecule has 1 atom stereocenters. The Labute approximate surface area is 138 Å². The molecule has 0 fully saturated rings. The smallest absolute Gasteiger partial charge is 0.328 e. The first-order valence-electron chi connectivity index (χ1n) is 6.59. The van der Waals surface area contributed by atoms with Crippen LogP contribution in [0.1, 0.15) is 11.1 Å². The minimum atomic E-state index is -1.04. The highest BCUT2D eigenvalue weighted by Crippen LogP contribution is 2.16. The summed E-state index contributed by atoms with van der Waals surface area (Å²) in [5, 5.41) is 23.1. The van der Waals surface area contributed by atoms with E-state index in [1.54, 1.807) is 36.4 Å². The van der Waals surface area contributed by atoms with E-state index in [0.29, 0.717) is 11.3 Å². The molecule has 1 aliphatic rings. The van der Waals surface area contributed by atoms with E-state index >= 15 is 0 Å². The number of carboxylic acids is 1. The molecule has 1 amide bonds. The molecule has 0 aromatic heterocycles. The Balaban J connectivity index is 2.35. The summed E-state index contributed by atoms with van der Waals surface area (Å²) in [6.45, 7) is 0. The lowest BCUT2D eigenvalue weighted by molar-refractivity contribution is -0.131. The maximum absolute atomic E-state index is 11.7. The third-order valence-electron chi connectivity index (χ3n) is 3.00. The molecule has 1 heterocycles. The second kappa shape index (κ2) is 7.33. The molecule has 0 spiro atoms. The monoisotopic (exact) mass is 327 g/mol. The van der Waals surface area contributed by atoms with Gasteiger partial charge in [-0.05, 0) is 23.3 Å². The average Bonchev–Trinajstić information content (AvgIpc) is 2.51. The van der Waals surface area contributed by atoms with Crippen molar-refractivity contribution >= 4 is 36.7 Å². The van der Waals surface area contributed by atoms with Gasteiger partial charge in [0.25, 0.3) is 5.91 Å². The Morgan fingerprint density at radius 1 is 1.22 bits per heavy atom. The van der Waals surface area contributed by atoms with Crippen LogP contribution in [-0.4, -0.2) is 22.5 Å². The number of thiol groups is 1. The topological polar surface area (TPSA) is 102 Å². The number of allylic oxidation sites excluding steroid dienone is 1. The zero-order valence-electron chi connectivity index (χ0n) is 11.9. The second-order valence-electron chi connectivity index (χ2n) is 4.55. The molecule has 6 nitrogen and oxygen atoms in total. The fourth-order valence-electron chi connectivity index (χ4n) is 1.97. The number of benzene rings is 1. The van der Waals surface area contributed by atoms with Gasteiger partial charge in [0.1, 0.15) is 17.1 Å². The number of carbonyl (C=O) groups excluding carboxylic acids is 1. The summed E-state index contributed by atoms with van der Waals surface area (Å²) in [5.74, 6) is -1.54. The normalized spacial score (nSPS) is 17.9. The van der Waals surface area contributed by atoms with Gasteiger partial charge < -0.3 is 15.7 Å². The molecular formula is C16H13N3O3S. The molecule has 1 unspecified atom stereocenters. The minimum Gasteiger partial charge on any atom is -0.478 e. The van der Waals surface area contributed by atoms with Crippen LogP contribution < -0.4 is 10.6 Å². The van der Waals surface area contributed by atoms with E-state index < -0.39 is 17.4 Å². The molecule has 3 N–H and O–H groups in total. The molecule has 2 rings (SSSR count). The molecule has 0 bridgehead atoms. The van der Waals surface area contributed by atoms with E-state index in [1.807, 2.05) is 6.07 Å². The van der Waals surface area contributed by atoms with E-state index in [1.165, 1.54) is 6.08 Å². The van der Waals surface area contributed by atoms with Crippen molar-refractivity contribution in [3.05, 3.63) is 58.8 Å². The molecule has 116 valence electrons. The van der Waals surface area contributed by atoms with Crippen LogP contribution in [0.3, 0.4) is 0 Å². The van der Waals surface area contributed by atoms with Crippen molar-refractivity contribution in [1.82, 2.24) is 10.6 Å². The van der Waals surface area contributed by atoms with Crippen molar-refractivity contribution in [3.63, 3.8) is 0 Å². The Bertz CT molecular complexity index is 775. The number of hydrogen-bond acceptors (Lipinski definition) is 5. The Hall–Kier alpha value is -2.98. The van der Waals surface area contributed by atoms with Gasteiger partial charge in [0.15, 0.2) is 0 Å². The third-order valence-corrected chi connectivity index (χ3v) is 3.26. The largest absolute Gasteiger partial charge is 0.478 e. The molecule has 0 saturated carbocycles. The van der Waals surface area contributed by atoms with Crippen molar-refractivity contribution in [2.45, 2.75) is 5.50 Å². The van der Waals surface area contributed by atoms with Gasteiger partial charge in [-0.2, -0.15) is 5.26 Å². The van der Waals surface area contributed by atoms with Crippen molar-refractivity contribution in [1.29, 1.82) is 5.26 Å². The standard InChI is InChI=1S/C16H13N3O3S/c17-9-12-13(18-16(23)19-15(12)22)7-5-10-3-1-2-4-11(10)6-8-14(20)21/h1-8,16,18,23H,(H,19,22)(H,20,21)/b7-5+,8-6+. The minimum absolute atomic E-state index is 0.0369. The first kappa shape index (κ1) is 16.4. The number of nitrogens with zero attached hydrogens (tertiary/aromatic N) is 1. The average molecular weight is 327 g/mol. The molecule has 23 heavy (non-hydrogen) atoms. The van der Waals surface area contributed by atoms with Gasteiger partial charge >= 0.3 is 5.97 Å². The van der Waals surface area contributed by atoms with Crippen LogP contribution in [-0.2, 0) is 9.59 Å². The SMILES string of the molecule is N#CC1=C(/C=C/c2ccccc2/C=C/C(=O)O)NC(S)NC1=O. The lowest BCUT2D eigenvalue weighted by Crippen LogP contribution is -2.46. The van der Waals surface area contributed by atoms with Crippen molar-refractivity contribution < 1.29 is 14.7 Å². The van der Waals surface area contributed by atoms with Crippen molar-refractivity contribution in [2.24, 2.45) is 0 Å². The highest BCUT2D eigenvalue weighted by atomic mass is 32.1. The highest BCUT2D eigenvalue weighted by Gasteiger charge is 2.22. The number of amides is 1. The molecule has 0 saturated heterocycles. The van der Waals surface area contributed by atoms with Gasteiger partial charge in [0.2, 0.25) is 0 Å². The summed E-state index contributed by atoms with van der Waals surface area (Å²) in [4.78, 5) is 22.3. The first-order chi connectivity index (χ1) is 11.0. The number of nitrogens with one attached hydrogen (secondary N) is 2. The van der Waals surface area contributed by atoms with Gasteiger partial charge in [0.05, 0.1) is 5.70 Å².